The lowest BCUT2D eigenvalue weighted by Gasteiger charge is -2.09. The third kappa shape index (κ3) is 3.62. The van der Waals surface area contributed by atoms with Crippen molar-refractivity contribution in [3.63, 3.8) is 0 Å². The number of rotatable bonds is 3. The predicted molar refractivity (Wildman–Crippen MR) is 82.9 cm³/mol. The summed E-state index contributed by atoms with van der Waals surface area (Å²) in [6, 6.07) is 8.14. The van der Waals surface area contributed by atoms with E-state index in [2.05, 4.69) is 26.2 Å². The Morgan fingerprint density at radius 1 is 1.25 bits per heavy atom. The van der Waals surface area contributed by atoms with Crippen LogP contribution in [0.3, 0.4) is 0 Å². The molecule has 0 atom stereocenters. The van der Waals surface area contributed by atoms with Crippen LogP contribution in [-0.4, -0.2) is 18.0 Å². The molecule has 1 aromatic carbocycles. The number of benzene rings is 1. The van der Waals surface area contributed by atoms with Crippen LogP contribution in [0.15, 0.2) is 34.8 Å². The standard InChI is InChI=1S/C13H9BrCl2N2O2/c1-20-8-2-3-9(14)10(6-8)17-13(19)7-4-11(15)18-12(16)5-7/h2-6H,1H3,(H,17,19). The fraction of sp³-hybridized carbons (Fsp3) is 0.0769. The van der Waals surface area contributed by atoms with Crippen LogP contribution in [0.5, 0.6) is 5.75 Å². The Kier molecular flexibility index (Phi) is 4.86. The largest absolute Gasteiger partial charge is 0.497 e. The minimum atomic E-state index is -0.342. The Hall–Kier alpha value is -1.30. The van der Waals surface area contributed by atoms with Gasteiger partial charge in [0.1, 0.15) is 16.1 Å². The third-order valence-electron chi connectivity index (χ3n) is 2.45. The molecule has 0 saturated heterocycles. The number of hydrogen-bond donors (Lipinski definition) is 1. The fourth-order valence-electron chi connectivity index (χ4n) is 1.52. The van der Waals surface area contributed by atoms with E-state index in [0.717, 1.165) is 4.47 Å². The van der Waals surface area contributed by atoms with Gasteiger partial charge in [0.2, 0.25) is 0 Å². The van der Waals surface area contributed by atoms with Crippen molar-refractivity contribution in [2.45, 2.75) is 0 Å². The van der Waals surface area contributed by atoms with Gasteiger partial charge in [0.05, 0.1) is 12.8 Å². The van der Waals surface area contributed by atoms with Gasteiger partial charge in [0.25, 0.3) is 5.91 Å². The Labute approximate surface area is 134 Å². The van der Waals surface area contributed by atoms with Gasteiger partial charge in [-0.2, -0.15) is 0 Å². The molecule has 0 aliphatic heterocycles. The minimum Gasteiger partial charge on any atom is -0.497 e. The average molecular weight is 376 g/mol. The van der Waals surface area contributed by atoms with Crippen molar-refractivity contribution in [2.24, 2.45) is 0 Å². The number of methoxy groups -OCH3 is 1. The van der Waals surface area contributed by atoms with Crippen molar-refractivity contribution in [1.29, 1.82) is 0 Å². The molecule has 0 fully saturated rings. The van der Waals surface area contributed by atoms with Crippen LogP contribution in [0.4, 0.5) is 5.69 Å². The molecular weight excluding hydrogens is 367 g/mol. The monoisotopic (exact) mass is 374 g/mol. The zero-order valence-corrected chi connectivity index (χ0v) is 13.4. The molecule has 20 heavy (non-hydrogen) atoms. The van der Waals surface area contributed by atoms with Crippen molar-refractivity contribution in [2.75, 3.05) is 12.4 Å². The summed E-state index contributed by atoms with van der Waals surface area (Å²) >= 11 is 14.9. The molecule has 2 aromatic rings. The maximum atomic E-state index is 12.2. The fourth-order valence-corrected chi connectivity index (χ4v) is 2.32. The van der Waals surface area contributed by atoms with E-state index in [9.17, 15) is 4.79 Å². The normalized spacial score (nSPS) is 10.2. The lowest BCUT2D eigenvalue weighted by atomic mass is 10.2. The number of halogens is 3. The van der Waals surface area contributed by atoms with E-state index in [1.165, 1.54) is 12.1 Å². The van der Waals surface area contributed by atoms with E-state index in [0.29, 0.717) is 17.0 Å². The quantitative estimate of drug-likeness (QED) is 0.808. The second-order valence-corrected chi connectivity index (χ2v) is 5.43. The average Bonchev–Trinajstić information content (AvgIpc) is 2.40. The van der Waals surface area contributed by atoms with Gasteiger partial charge in [-0.05, 0) is 40.2 Å². The lowest BCUT2D eigenvalue weighted by Crippen LogP contribution is -2.12. The van der Waals surface area contributed by atoms with Gasteiger partial charge < -0.3 is 10.1 Å². The van der Waals surface area contributed by atoms with Gasteiger partial charge in [0, 0.05) is 16.1 Å². The molecule has 0 aliphatic carbocycles. The first-order valence-electron chi connectivity index (χ1n) is 5.47. The second-order valence-electron chi connectivity index (χ2n) is 3.80. The van der Waals surface area contributed by atoms with E-state index < -0.39 is 0 Å². The maximum absolute atomic E-state index is 12.2. The van der Waals surface area contributed by atoms with E-state index >= 15 is 0 Å². The molecule has 4 nitrogen and oxygen atoms in total. The number of pyridine rings is 1. The number of carbonyl (C=O) groups is 1. The molecule has 0 saturated carbocycles. The summed E-state index contributed by atoms with van der Waals surface area (Å²) in [5.74, 6) is 0.291. The predicted octanol–water partition coefficient (Wildman–Crippen LogP) is 4.41. The smallest absolute Gasteiger partial charge is 0.255 e. The number of ether oxygens (including phenoxy) is 1. The number of anilines is 1. The molecule has 1 amide bonds. The number of carbonyl (C=O) groups excluding carboxylic acids is 1. The Morgan fingerprint density at radius 3 is 2.50 bits per heavy atom. The minimum absolute atomic E-state index is 0.160. The van der Waals surface area contributed by atoms with Crippen LogP contribution in [0.1, 0.15) is 10.4 Å². The molecule has 0 bridgehead atoms. The summed E-state index contributed by atoms with van der Waals surface area (Å²) in [7, 11) is 1.55. The number of aromatic nitrogens is 1. The third-order valence-corrected chi connectivity index (χ3v) is 3.53. The highest BCUT2D eigenvalue weighted by Gasteiger charge is 2.11. The zero-order chi connectivity index (χ0) is 14.7. The highest BCUT2D eigenvalue weighted by Crippen LogP contribution is 2.27. The molecule has 2 rings (SSSR count). The van der Waals surface area contributed by atoms with Gasteiger partial charge in [-0.1, -0.05) is 23.2 Å². The van der Waals surface area contributed by atoms with Gasteiger partial charge in [-0.3, -0.25) is 4.79 Å². The van der Waals surface area contributed by atoms with Crippen molar-refractivity contribution >= 4 is 50.7 Å². The van der Waals surface area contributed by atoms with E-state index in [1.807, 2.05) is 0 Å². The molecule has 0 spiro atoms. The zero-order valence-electron chi connectivity index (χ0n) is 10.3. The number of amides is 1. The van der Waals surface area contributed by atoms with Gasteiger partial charge >= 0.3 is 0 Å². The highest BCUT2D eigenvalue weighted by atomic mass is 79.9. The summed E-state index contributed by atoms with van der Waals surface area (Å²) in [6.45, 7) is 0. The van der Waals surface area contributed by atoms with Gasteiger partial charge in [0.15, 0.2) is 0 Å². The van der Waals surface area contributed by atoms with Crippen LogP contribution in [0, 0.1) is 0 Å². The van der Waals surface area contributed by atoms with Crippen molar-refractivity contribution in [1.82, 2.24) is 4.98 Å². The van der Waals surface area contributed by atoms with Crippen molar-refractivity contribution in [3.8, 4) is 5.75 Å². The van der Waals surface area contributed by atoms with Crippen LogP contribution in [-0.2, 0) is 0 Å². The van der Waals surface area contributed by atoms with E-state index in [4.69, 9.17) is 27.9 Å². The highest BCUT2D eigenvalue weighted by molar-refractivity contribution is 9.10. The SMILES string of the molecule is COc1ccc(Br)c(NC(=O)c2cc(Cl)nc(Cl)c2)c1. The summed E-state index contributed by atoms with van der Waals surface area (Å²) in [5.41, 5.74) is 0.906. The number of nitrogens with zero attached hydrogens (tertiary/aromatic N) is 1. The van der Waals surface area contributed by atoms with Crippen LogP contribution in [0.25, 0.3) is 0 Å². The van der Waals surface area contributed by atoms with Crippen molar-refractivity contribution in [3.05, 3.63) is 50.7 Å². The van der Waals surface area contributed by atoms with E-state index in [-0.39, 0.29) is 16.2 Å². The second kappa shape index (κ2) is 6.43. The molecule has 1 heterocycles. The molecule has 0 radical (unpaired) electrons. The maximum Gasteiger partial charge on any atom is 0.255 e. The van der Waals surface area contributed by atoms with Gasteiger partial charge in [-0.15, -0.1) is 0 Å². The van der Waals surface area contributed by atoms with Gasteiger partial charge in [-0.25, -0.2) is 4.98 Å². The first kappa shape index (κ1) is 15.1. The lowest BCUT2D eigenvalue weighted by molar-refractivity contribution is 0.102. The molecule has 104 valence electrons. The molecule has 1 N–H and O–H groups in total. The molecular formula is C13H9BrCl2N2O2. The summed E-state index contributed by atoms with van der Waals surface area (Å²) in [5, 5.41) is 3.06. The van der Waals surface area contributed by atoms with Crippen LogP contribution >= 0.6 is 39.1 Å². The Balaban J connectivity index is 2.27. The number of nitrogens with one attached hydrogen (secondary N) is 1. The Bertz CT molecular complexity index is 645. The summed E-state index contributed by atoms with van der Waals surface area (Å²) in [6.07, 6.45) is 0. The Morgan fingerprint density at radius 2 is 1.90 bits per heavy atom. The molecule has 0 unspecified atom stereocenters. The topological polar surface area (TPSA) is 51.2 Å². The first-order chi connectivity index (χ1) is 9.49. The molecule has 0 aliphatic rings. The van der Waals surface area contributed by atoms with Crippen molar-refractivity contribution < 1.29 is 9.53 Å². The molecule has 7 heteroatoms. The first-order valence-corrected chi connectivity index (χ1v) is 7.02. The summed E-state index contributed by atoms with van der Waals surface area (Å²) < 4.78 is 5.85. The summed E-state index contributed by atoms with van der Waals surface area (Å²) in [4.78, 5) is 15.9. The molecule has 1 aromatic heterocycles. The van der Waals surface area contributed by atoms with E-state index in [1.54, 1.807) is 25.3 Å². The number of hydrogen-bond acceptors (Lipinski definition) is 3. The van der Waals surface area contributed by atoms with Crippen LogP contribution in [0.2, 0.25) is 10.3 Å². The van der Waals surface area contributed by atoms with Crippen LogP contribution < -0.4 is 10.1 Å².